The third kappa shape index (κ3) is 3.22. The van der Waals surface area contributed by atoms with Gasteiger partial charge in [0.25, 0.3) is 5.91 Å². The van der Waals surface area contributed by atoms with Crippen LogP contribution in [-0.4, -0.2) is 27.2 Å². The number of aromatic nitrogens is 1. The molecule has 1 aromatic carbocycles. The molecule has 0 aliphatic carbocycles. The maximum Gasteiger partial charge on any atom is 0.258 e. The van der Waals surface area contributed by atoms with Crippen LogP contribution in [0.25, 0.3) is 10.9 Å². The Morgan fingerprint density at radius 1 is 1.46 bits per heavy atom. The molecule has 1 unspecified atom stereocenters. The van der Waals surface area contributed by atoms with E-state index in [1.165, 1.54) is 0 Å². The summed E-state index contributed by atoms with van der Waals surface area (Å²) in [5.74, 6) is 0.188. The van der Waals surface area contributed by atoms with Crippen molar-refractivity contribution in [1.82, 2.24) is 4.98 Å². The molecule has 1 aliphatic rings. The van der Waals surface area contributed by atoms with Gasteiger partial charge in [-0.05, 0) is 41.5 Å². The molecule has 0 fully saturated rings. The lowest BCUT2D eigenvalue weighted by Gasteiger charge is -2.09. The number of carbonyl (C=O) groups is 1. The molecule has 1 aromatic heterocycles. The molecule has 0 saturated heterocycles. The molecular weight excluding hydrogens is 320 g/mol. The van der Waals surface area contributed by atoms with Gasteiger partial charge in [-0.1, -0.05) is 19.4 Å². The summed E-state index contributed by atoms with van der Waals surface area (Å²) < 4.78 is 0. The van der Waals surface area contributed by atoms with Crippen molar-refractivity contribution in [1.29, 1.82) is 5.26 Å². The van der Waals surface area contributed by atoms with E-state index in [1.807, 2.05) is 23.6 Å². The molecule has 2 N–H and O–H groups in total. The Kier molecular flexibility index (Phi) is 4.72. The highest BCUT2D eigenvalue weighted by molar-refractivity contribution is 8.28. The van der Waals surface area contributed by atoms with Crippen LogP contribution in [-0.2, 0) is 11.2 Å². The van der Waals surface area contributed by atoms with Crippen molar-refractivity contribution < 1.29 is 4.79 Å². The topological polar surface area (TPSA) is 92.1 Å². The van der Waals surface area contributed by atoms with E-state index >= 15 is 0 Å². The number of carbonyl (C=O) groups excluding carboxylic acids is 1. The molecule has 5 nitrogen and oxygen atoms in total. The van der Waals surface area contributed by atoms with Gasteiger partial charge in [-0.2, -0.15) is 10.3 Å². The maximum atomic E-state index is 11.4. The molecule has 6 heteroatoms. The molecule has 1 amide bonds. The number of nitrogens with two attached hydrogens (primary N) is 1. The zero-order chi connectivity index (χ0) is 17.1. The zero-order valence-corrected chi connectivity index (χ0v) is 14.3. The van der Waals surface area contributed by atoms with E-state index in [1.54, 1.807) is 6.20 Å². The molecule has 24 heavy (non-hydrogen) atoms. The minimum atomic E-state index is -0.447. The lowest BCUT2D eigenvalue weighted by Crippen LogP contribution is -2.06. The highest BCUT2D eigenvalue weighted by atomic mass is 32.2. The number of hydrogen-bond donors (Lipinski definition) is 1. The summed E-state index contributed by atoms with van der Waals surface area (Å²) >= 11 is 0. The van der Waals surface area contributed by atoms with Crippen LogP contribution in [0.4, 0.5) is 0 Å². The van der Waals surface area contributed by atoms with E-state index in [0.717, 1.165) is 41.3 Å². The van der Waals surface area contributed by atoms with Gasteiger partial charge in [-0.25, -0.2) is 0 Å². The van der Waals surface area contributed by atoms with Crippen molar-refractivity contribution in [2.75, 3.05) is 5.75 Å². The van der Waals surface area contributed by atoms with Crippen LogP contribution in [0, 0.1) is 11.3 Å². The van der Waals surface area contributed by atoms with Gasteiger partial charge in [0, 0.05) is 11.6 Å². The molecule has 0 spiro atoms. The predicted octanol–water partition coefficient (Wildman–Crippen LogP) is 2.72. The van der Waals surface area contributed by atoms with Crippen molar-refractivity contribution in [3.8, 4) is 6.07 Å². The number of nitrogens with zero attached hydrogens (tertiary/aromatic N) is 3. The van der Waals surface area contributed by atoms with E-state index in [0.29, 0.717) is 16.5 Å². The minimum Gasteiger partial charge on any atom is -0.379 e. The molecular formula is C18H18N4OS. The van der Waals surface area contributed by atoms with Crippen molar-refractivity contribution in [2.45, 2.75) is 26.2 Å². The van der Waals surface area contributed by atoms with Gasteiger partial charge in [-0.15, -0.1) is 10.5 Å². The summed E-state index contributed by atoms with van der Waals surface area (Å²) in [5, 5.41) is 12.8. The summed E-state index contributed by atoms with van der Waals surface area (Å²) in [4.78, 5) is 19.6. The Labute approximate surface area is 143 Å². The van der Waals surface area contributed by atoms with Gasteiger partial charge in [0.1, 0.15) is 6.07 Å². The molecule has 2 heterocycles. The van der Waals surface area contributed by atoms with Gasteiger partial charge < -0.3 is 5.73 Å². The van der Waals surface area contributed by atoms with Crippen LogP contribution >= 0.6 is 10.5 Å². The number of aryl methyl sites for hydroxylation is 1. The van der Waals surface area contributed by atoms with E-state index < -0.39 is 10.5 Å². The first-order valence-corrected chi connectivity index (χ1v) is 9.31. The molecule has 1 aliphatic heterocycles. The third-order valence-electron chi connectivity index (χ3n) is 3.97. The number of pyridine rings is 1. The van der Waals surface area contributed by atoms with Gasteiger partial charge in [0.2, 0.25) is 0 Å². The Morgan fingerprint density at radius 3 is 2.96 bits per heavy atom. The van der Waals surface area contributed by atoms with Gasteiger partial charge in [-0.3, -0.25) is 9.78 Å². The lowest BCUT2D eigenvalue weighted by molar-refractivity contribution is -0.115. The van der Waals surface area contributed by atoms with Crippen LogP contribution in [0.5, 0.6) is 0 Å². The van der Waals surface area contributed by atoms with Gasteiger partial charge in [0.15, 0.2) is 5.17 Å². The van der Waals surface area contributed by atoms with Crippen LogP contribution in [0.1, 0.15) is 36.5 Å². The molecule has 3 rings (SSSR count). The summed E-state index contributed by atoms with van der Waals surface area (Å²) in [6.07, 6.45) is 4.60. The molecule has 1 atom stereocenters. The van der Waals surface area contributed by atoms with Crippen molar-refractivity contribution in [3.63, 3.8) is 0 Å². The second kappa shape index (κ2) is 6.93. The van der Waals surface area contributed by atoms with Crippen molar-refractivity contribution >= 4 is 37.8 Å². The van der Waals surface area contributed by atoms with Gasteiger partial charge in [0.05, 0.1) is 16.8 Å². The SMILES string of the molecule is CCCCc1c(C#N)cnc2ccc(/C=S3/CC(=O)N=C3N)cc12. The average Bonchev–Trinajstić information content (AvgIpc) is 2.89. The van der Waals surface area contributed by atoms with Crippen molar-refractivity contribution in [3.05, 3.63) is 41.1 Å². The summed E-state index contributed by atoms with van der Waals surface area (Å²) in [6.45, 7) is 2.13. The smallest absolute Gasteiger partial charge is 0.258 e. The Hall–Kier alpha value is -2.52. The van der Waals surface area contributed by atoms with E-state index in [-0.39, 0.29) is 5.91 Å². The fourth-order valence-electron chi connectivity index (χ4n) is 2.74. The molecule has 2 aromatic rings. The van der Waals surface area contributed by atoms with E-state index in [2.05, 4.69) is 23.0 Å². The maximum absolute atomic E-state index is 11.4. The Morgan fingerprint density at radius 2 is 2.29 bits per heavy atom. The fraction of sp³-hybridized carbons (Fsp3) is 0.278. The number of rotatable bonds is 4. The lowest BCUT2D eigenvalue weighted by atomic mass is 9.98. The second-order valence-electron chi connectivity index (χ2n) is 5.68. The highest BCUT2D eigenvalue weighted by Crippen LogP contribution is 2.25. The largest absolute Gasteiger partial charge is 0.379 e. The number of amidine groups is 1. The summed E-state index contributed by atoms with van der Waals surface area (Å²) in [7, 11) is -0.447. The second-order valence-corrected chi connectivity index (χ2v) is 7.48. The Bertz CT molecular complexity index is 924. The molecule has 0 bridgehead atoms. The van der Waals surface area contributed by atoms with Gasteiger partial charge >= 0.3 is 0 Å². The quantitative estimate of drug-likeness (QED) is 0.868. The van der Waals surface area contributed by atoms with Crippen molar-refractivity contribution in [2.24, 2.45) is 10.7 Å². The number of nitriles is 1. The monoisotopic (exact) mass is 338 g/mol. The average molecular weight is 338 g/mol. The first-order chi connectivity index (χ1) is 11.6. The normalized spacial score (nSPS) is 17.2. The molecule has 0 saturated carbocycles. The number of aliphatic imine (C=N–C) groups is 1. The number of benzene rings is 1. The summed E-state index contributed by atoms with van der Waals surface area (Å²) in [6, 6.07) is 8.20. The van der Waals surface area contributed by atoms with Crippen LogP contribution in [0.3, 0.4) is 0 Å². The standard InChI is InChI=1S/C18H18N4OS/c1-2-3-4-14-13(8-19)9-21-16-6-5-12(7-15(14)16)10-24-11-17(23)22-18(24)20/h5-7,9-10H,2-4,11H2,1H3,(H2,20,22,23). The first kappa shape index (κ1) is 16.3. The number of amides is 1. The third-order valence-corrected chi connectivity index (χ3v) is 5.71. The molecule has 0 radical (unpaired) electrons. The van der Waals surface area contributed by atoms with Crippen LogP contribution in [0.2, 0.25) is 0 Å². The molecule has 122 valence electrons. The fourth-order valence-corrected chi connectivity index (χ4v) is 4.12. The number of unbranched alkanes of at least 4 members (excludes halogenated alkanes) is 1. The zero-order valence-electron chi connectivity index (χ0n) is 13.5. The Balaban J connectivity index is 2.09. The van der Waals surface area contributed by atoms with Crippen LogP contribution in [0.15, 0.2) is 29.4 Å². The predicted molar refractivity (Wildman–Crippen MR) is 99.3 cm³/mol. The minimum absolute atomic E-state index is 0.162. The first-order valence-electron chi connectivity index (χ1n) is 7.85. The highest BCUT2D eigenvalue weighted by Gasteiger charge is 2.16. The summed E-state index contributed by atoms with van der Waals surface area (Å²) in [5.41, 5.74) is 9.37. The van der Waals surface area contributed by atoms with E-state index in [9.17, 15) is 10.1 Å². The number of hydrogen-bond acceptors (Lipinski definition) is 4. The number of fused-ring (bicyclic) bond motifs is 1. The van der Waals surface area contributed by atoms with E-state index in [4.69, 9.17) is 5.73 Å². The van der Waals surface area contributed by atoms with Crippen LogP contribution < -0.4 is 5.73 Å².